The Morgan fingerprint density at radius 3 is 2.67 bits per heavy atom. The van der Waals surface area contributed by atoms with Crippen LogP contribution in [0.25, 0.3) is 0 Å². The normalized spacial score (nSPS) is 9.11. The lowest BCUT2D eigenvalue weighted by molar-refractivity contribution is 1.43. The SMILES string of the molecule is CNc1cccc(C)c1.[HH]. The van der Waals surface area contributed by atoms with E-state index < -0.39 is 0 Å². The van der Waals surface area contributed by atoms with E-state index in [0.717, 1.165) is 0 Å². The molecule has 1 nitrogen and oxygen atoms in total. The smallest absolute Gasteiger partial charge is 0.0340 e. The molecule has 0 aliphatic carbocycles. The average molecular weight is 123 g/mol. The highest BCUT2D eigenvalue weighted by Gasteiger charge is 1.84. The van der Waals surface area contributed by atoms with Gasteiger partial charge < -0.3 is 5.32 Å². The van der Waals surface area contributed by atoms with Gasteiger partial charge in [-0.2, -0.15) is 0 Å². The molecule has 0 saturated carbocycles. The Labute approximate surface area is 57.2 Å². The molecule has 0 aliphatic rings. The van der Waals surface area contributed by atoms with E-state index in [1.54, 1.807) is 0 Å². The first-order chi connectivity index (χ1) is 4.33. The fourth-order valence-electron chi connectivity index (χ4n) is 0.801. The lowest BCUT2D eigenvalue weighted by Crippen LogP contribution is -1.86. The van der Waals surface area contributed by atoms with Crippen molar-refractivity contribution in [3.05, 3.63) is 29.8 Å². The van der Waals surface area contributed by atoms with E-state index in [9.17, 15) is 0 Å². The van der Waals surface area contributed by atoms with E-state index >= 15 is 0 Å². The molecule has 0 fully saturated rings. The summed E-state index contributed by atoms with van der Waals surface area (Å²) >= 11 is 0. The maximum absolute atomic E-state index is 3.07. The van der Waals surface area contributed by atoms with Crippen LogP contribution in [0.2, 0.25) is 0 Å². The van der Waals surface area contributed by atoms with Crippen LogP contribution in [0.3, 0.4) is 0 Å². The molecular weight excluding hydrogens is 110 g/mol. The molecule has 0 saturated heterocycles. The minimum atomic E-state index is 0. The van der Waals surface area contributed by atoms with Gasteiger partial charge in [0.15, 0.2) is 0 Å². The van der Waals surface area contributed by atoms with E-state index in [0.29, 0.717) is 0 Å². The maximum atomic E-state index is 3.07. The molecule has 50 valence electrons. The summed E-state index contributed by atoms with van der Waals surface area (Å²) in [5.74, 6) is 0. The second kappa shape index (κ2) is 2.53. The number of hydrogen-bond donors (Lipinski definition) is 1. The Morgan fingerprint density at radius 1 is 1.44 bits per heavy atom. The standard InChI is InChI=1S/C8H11N.H2/c1-7-4-3-5-8(6-7)9-2;/h3-6,9H,1-2H3;1H. The van der Waals surface area contributed by atoms with Gasteiger partial charge in [0.05, 0.1) is 0 Å². The van der Waals surface area contributed by atoms with Crippen LogP contribution in [0.1, 0.15) is 6.99 Å². The van der Waals surface area contributed by atoms with Gasteiger partial charge in [0.1, 0.15) is 0 Å². The molecule has 9 heavy (non-hydrogen) atoms. The van der Waals surface area contributed by atoms with Gasteiger partial charge in [0, 0.05) is 14.2 Å². The molecule has 1 rings (SSSR count). The van der Waals surface area contributed by atoms with Crippen LogP contribution in [0.5, 0.6) is 0 Å². The third-order valence-corrected chi connectivity index (χ3v) is 1.31. The molecule has 0 amide bonds. The summed E-state index contributed by atoms with van der Waals surface area (Å²) in [7, 11) is 1.93. The highest BCUT2D eigenvalue weighted by atomic mass is 14.8. The van der Waals surface area contributed by atoms with Gasteiger partial charge in [0.2, 0.25) is 0 Å². The zero-order valence-electron chi connectivity index (χ0n) is 5.81. The summed E-state index contributed by atoms with van der Waals surface area (Å²) in [4.78, 5) is 0. The molecule has 0 aliphatic heterocycles. The van der Waals surface area contributed by atoms with Gasteiger partial charge >= 0.3 is 0 Å². The molecule has 0 spiro atoms. The third-order valence-electron chi connectivity index (χ3n) is 1.31. The molecule has 0 bridgehead atoms. The lowest BCUT2D eigenvalue weighted by atomic mass is 10.2. The molecule has 0 radical (unpaired) electrons. The van der Waals surface area contributed by atoms with Crippen LogP contribution in [-0.2, 0) is 0 Å². The first-order valence-electron chi connectivity index (χ1n) is 3.07. The number of rotatable bonds is 1. The Kier molecular flexibility index (Phi) is 1.73. The number of benzene rings is 1. The summed E-state index contributed by atoms with van der Waals surface area (Å²) in [6.45, 7) is 2.08. The fraction of sp³-hybridized carbons (Fsp3) is 0.250. The lowest BCUT2D eigenvalue weighted by Gasteiger charge is -1.98. The van der Waals surface area contributed by atoms with Gasteiger partial charge in [-0.25, -0.2) is 0 Å². The minimum Gasteiger partial charge on any atom is -0.388 e. The van der Waals surface area contributed by atoms with Gasteiger partial charge in [-0.15, -0.1) is 0 Å². The Bertz CT molecular complexity index is 198. The quantitative estimate of drug-likeness (QED) is 0.604. The first-order valence-corrected chi connectivity index (χ1v) is 3.07. The highest BCUT2D eigenvalue weighted by molar-refractivity contribution is 5.44. The van der Waals surface area contributed by atoms with Gasteiger partial charge in [-0.1, -0.05) is 12.1 Å². The van der Waals surface area contributed by atoms with Crippen molar-refractivity contribution >= 4 is 5.69 Å². The van der Waals surface area contributed by atoms with Crippen molar-refractivity contribution in [2.24, 2.45) is 0 Å². The van der Waals surface area contributed by atoms with Crippen LogP contribution in [0, 0.1) is 6.92 Å². The zero-order valence-corrected chi connectivity index (χ0v) is 5.81. The molecule has 1 aromatic carbocycles. The summed E-state index contributed by atoms with van der Waals surface area (Å²) in [5.41, 5.74) is 2.47. The van der Waals surface area contributed by atoms with Crippen molar-refractivity contribution in [2.45, 2.75) is 6.92 Å². The molecular formula is C8H13N. The summed E-state index contributed by atoms with van der Waals surface area (Å²) < 4.78 is 0. The predicted octanol–water partition coefficient (Wildman–Crippen LogP) is 2.28. The summed E-state index contributed by atoms with van der Waals surface area (Å²) in [6, 6.07) is 8.29. The zero-order chi connectivity index (χ0) is 6.69. The number of anilines is 1. The minimum absolute atomic E-state index is 0. The molecule has 1 N–H and O–H groups in total. The molecule has 0 unspecified atom stereocenters. The van der Waals surface area contributed by atoms with Gasteiger partial charge in [-0.05, 0) is 24.6 Å². The second-order valence-corrected chi connectivity index (χ2v) is 2.12. The molecule has 0 heterocycles. The monoisotopic (exact) mass is 123 g/mol. The van der Waals surface area contributed by atoms with E-state index in [2.05, 4.69) is 24.4 Å². The van der Waals surface area contributed by atoms with Crippen molar-refractivity contribution in [3.8, 4) is 0 Å². The van der Waals surface area contributed by atoms with Crippen molar-refractivity contribution in [2.75, 3.05) is 12.4 Å². The number of hydrogen-bond acceptors (Lipinski definition) is 1. The molecule has 1 heteroatoms. The topological polar surface area (TPSA) is 12.0 Å². The van der Waals surface area contributed by atoms with E-state index in [-0.39, 0.29) is 1.43 Å². The van der Waals surface area contributed by atoms with Crippen molar-refractivity contribution < 1.29 is 1.43 Å². The first kappa shape index (κ1) is 6.14. The maximum Gasteiger partial charge on any atom is 0.0340 e. The van der Waals surface area contributed by atoms with Crippen molar-refractivity contribution in [1.82, 2.24) is 0 Å². The number of nitrogens with one attached hydrogen (secondary N) is 1. The predicted molar refractivity (Wildman–Crippen MR) is 42.8 cm³/mol. The fourth-order valence-corrected chi connectivity index (χ4v) is 0.801. The average Bonchev–Trinajstić information content (AvgIpc) is 1.88. The molecule has 0 atom stereocenters. The Hall–Kier alpha value is -0.980. The van der Waals surface area contributed by atoms with Crippen LogP contribution >= 0.6 is 0 Å². The second-order valence-electron chi connectivity index (χ2n) is 2.12. The molecule has 1 aromatic rings. The van der Waals surface area contributed by atoms with Crippen LogP contribution in [-0.4, -0.2) is 7.05 Å². The third kappa shape index (κ3) is 1.46. The van der Waals surface area contributed by atoms with Crippen LogP contribution < -0.4 is 5.32 Å². The van der Waals surface area contributed by atoms with Gasteiger partial charge in [-0.3, -0.25) is 0 Å². The highest BCUT2D eigenvalue weighted by Crippen LogP contribution is 2.07. The Morgan fingerprint density at radius 2 is 2.22 bits per heavy atom. The Balaban J connectivity index is 0.000000810. The number of aryl methyl sites for hydroxylation is 1. The van der Waals surface area contributed by atoms with E-state index in [4.69, 9.17) is 0 Å². The van der Waals surface area contributed by atoms with Crippen molar-refractivity contribution in [3.63, 3.8) is 0 Å². The van der Waals surface area contributed by atoms with E-state index in [1.807, 2.05) is 19.2 Å². The summed E-state index contributed by atoms with van der Waals surface area (Å²) in [5, 5.41) is 3.07. The van der Waals surface area contributed by atoms with Crippen LogP contribution in [0.15, 0.2) is 24.3 Å². The largest absolute Gasteiger partial charge is 0.388 e. The van der Waals surface area contributed by atoms with E-state index in [1.165, 1.54) is 11.3 Å². The van der Waals surface area contributed by atoms with Crippen LogP contribution in [0.4, 0.5) is 5.69 Å². The summed E-state index contributed by atoms with van der Waals surface area (Å²) in [6.07, 6.45) is 0. The van der Waals surface area contributed by atoms with Crippen molar-refractivity contribution in [1.29, 1.82) is 0 Å². The van der Waals surface area contributed by atoms with Gasteiger partial charge in [0.25, 0.3) is 0 Å². The molecule has 0 aromatic heterocycles.